The highest BCUT2D eigenvalue weighted by Crippen LogP contribution is 2.41. The number of carbonyl (C=O) groups is 2. The van der Waals surface area contributed by atoms with Crippen molar-refractivity contribution in [2.45, 2.75) is 44.7 Å². The van der Waals surface area contributed by atoms with Crippen LogP contribution in [0.25, 0.3) is 0 Å². The molecule has 3 saturated heterocycles. The number of rotatable bonds is 5. The maximum absolute atomic E-state index is 12.8. The number of nitrogens with zero attached hydrogens (tertiary/aromatic N) is 3. The number of likely N-dealkylation sites (tertiary alicyclic amines) is 1. The van der Waals surface area contributed by atoms with Crippen LogP contribution in [0.4, 0.5) is 0 Å². The lowest BCUT2D eigenvalue weighted by atomic mass is 9.72. The molecule has 0 saturated carbocycles. The molecule has 6 nitrogen and oxygen atoms in total. The Morgan fingerprint density at radius 2 is 2.26 bits per heavy atom. The van der Waals surface area contributed by atoms with Gasteiger partial charge in [-0.3, -0.25) is 14.5 Å². The number of fused-ring (bicyclic) bond motifs is 4. The van der Waals surface area contributed by atoms with Crippen LogP contribution in [0.5, 0.6) is 0 Å². The lowest BCUT2D eigenvalue weighted by Gasteiger charge is -2.56. The number of aromatic nitrogens is 1. The fraction of sp³-hybridized carbons (Fsp3) is 0.650. The van der Waals surface area contributed by atoms with Crippen molar-refractivity contribution in [3.8, 4) is 0 Å². The van der Waals surface area contributed by atoms with Gasteiger partial charge >= 0.3 is 0 Å². The van der Waals surface area contributed by atoms with E-state index in [9.17, 15) is 9.59 Å². The van der Waals surface area contributed by atoms with Crippen LogP contribution >= 0.6 is 11.3 Å². The van der Waals surface area contributed by atoms with Crippen molar-refractivity contribution in [2.75, 3.05) is 26.2 Å². The number of thiazole rings is 1. The van der Waals surface area contributed by atoms with E-state index in [1.165, 1.54) is 11.3 Å². The van der Waals surface area contributed by atoms with Gasteiger partial charge in [0, 0.05) is 44.0 Å². The predicted molar refractivity (Wildman–Crippen MR) is 106 cm³/mol. The molecule has 0 spiro atoms. The second kappa shape index (κ2) is 7.72. The van der Waals surface area contributed by atoms with Gasteiger partial charge in [0.05, 0.1) is 11.0 Å². The van der Waals surface area contributed by atoms with Crippen LogP contribution in [0.1, 0.15) is 41.2 Å². The highest BCUT2D eigenvalue weighted by molar-refractivity contribution is 7.09. The third-order valence-electron chi connectivity index (χ3n) is 6.28. The van der Waals surface area contributed by atoms with Gasteiger partial charge in [-0.15, -0.1) is 17.9 Å². The average Bonchev–Trinajstić information content (AvgIpc) is 3.09. The minimum atomic E-state index is -0.138. The summed E-state index contributed by atoms with van der Waals surface area (Å²) in [4.78, 5) is 34.1. The normalized spacial score (nSPS) is 30.7. The van der Waals surface area contributed by atoms with E-state index >= 15 is 0 Å². The van der Waals surface area contributed by atoms with Crippen LogP contribution < -0.4 is 5.32 Å². The van der Waals surface area contributed by atoms with Gasteiger partial charge in [0.15, 0.2) is 0 Å². The summed E-state index contributed by atoms with van der Waals surface area (Å²) in [5.41, 5.74) is 0.477. The molecule has 0 aliphatic carbocycles. The zero-order chi connectivity index (χ0) is 19.0. The Bertz CT molecular complexity index is 733. The van der Waals surface area contributed by atoms with Crippen LogP contribution in [0.2, 0.25) is 0 Å². The average molecular weight is 389 g/mol. The minimum absolute atomic E-state index is 0.0790. The Morgan fingerprint density at radius 3 is 3.00 bits per heavy atom. The predicted octanol–water partition coefficient (Wildman–Crippen LogP) is 2.07. The summed E-state index contributed by atoms with van der Waals surface area (Å²) in [5, 5.41) is 5.74. The molecule has 3 fully saturated rings. The van der Waals surface area contributed by atoms with Crippen molar-refractivity contribution < 1.29 is 9.59 Å². The van der Waals surface area contributed by atoms with Crippen LogP contribution in [-0.2, 0) is 4.79 Å². The number of aryl methyl sites for hydroxylation is 1. The number of carbonyl (C=O) groups excluding carboxylic acids is 2. The lowest BCUT2D eigenvalue weighted by molar-refractivity contribution is -0.152. The summed E-state index contributed by atoms with van der Waals surface area (Å²) >= 11 is 1.48. The molecule has 1 N–H and O–H groups in total. The van der Waals surface area contributed by atoms with Gasteiger partial charge < -0.3 is 10.2 Å². The Labute approximate surface area is 164 Å². The van der Waals surface area contributed by atoms with E-state index in [1.807, 2.05) is 13.0 Å². The van der Waals surface area contributed by atoms with Crippen molar-refractivity contribution in [1.29, 1.82) is 0 Å². The maximum Gasteiger partial charge on any atom is 0.270 e. The van der Waals surface area contributed by atoms with Crippen LogP contribution in [0.3, 0.4) is 0 Å². The standard InChI is InChI=1S/C20H28N4O2S/c1-3-7-23-10-14-8-15(11-23)18(24-17(14)5-4-6-19(24)25)9-21-20(26)16-12-27-13(2)22-16/h3,12,14-15,17-18H,1,4-11H2,2H3,(H,21,26)/t14-,15+,17+,18+/m1/s1. The summed E-state index contributed by atoms with van der Waals surface area (Å²) < 4.78 is 0. The molecule has 1 aromatic rings. The van der Waals surface area contributed by atoms with E-state index < -0.39 is 0 Å². The number of hydrogen-bond donors (Lipinski definition) is 1. The summed E-state index contributed by atoms with van der Waals surface area (Å²) in [6.07, 6.45) is 5.83. The van der Waals surface area contributed by atoms with Crippen LogP contribution in [0, 0.1) is 18.8 Å². The van der Waals surface area contributed by atoms with Gasteiger partial charge in [0.1, 0.15) is 5.69 Å². The maximum atomic E-state index is 12.8. The monoisotopic (exact) mass is 388 g/mol. The topological polar surface area (TPSA) is 65.5 Å². The fourth-order valence-electron chi connectivity index (χ4n) is 5.22. The number of amides is 2. The molecular weight excluding hydrogens is 360 g/mol. The van der Waals surface area contributed by atoms with Crippen LogP contribution in [0.15, 0.2) is 18.0 Å². The summed E-state index contributed by atoms with van der Waals surface area (Å²) in [7, 11) is 0. The van der Waals surface area contributed by atoms with Crippen molar-refractivity contribution >= 4 is 23.2 Å². The van der Waals surface area contributed by atoms with Gasteiger partial charge in [-0.05, 0) is 38.0 Å². The summed E-state index contributed by atoms with van der Waals surface area (Å²) in [6.45, 7) is 9.21. The van der Waals surface area contributed by atoms with E-state index in [0.717, 1.165) is 43.9 Å². The van der Waals surface area contributed by atoms with E-state index in [2.05, 4.69) is 26.7 Å². The molecule has 2 amide bonds. The van der Waals surface area contributed by atoms with E-state index in [4.69, 9.17) is 0 Å². The second-order valence-corrected chi connectivity index (χ2v) is 9.12. The Balaban J connectivity index is 1.51. The first-order chi connectivity index (χ1) is 13.1. The molecule has 0 aromatic carbocycles. The van der Waals surface area contributed by atoms with Crippen LogP contribution in [-0.4, -0.2) is 64.9 Å². The van der Waals surface area contributed by atoms with Gasteiger partial charge in [-0.25, -0.2) is 4.98 Å². The molecule has 4 atom stereocenters. The molecule has 3 aliphatic heterocycles. The Kier molecular flexibility index (Phi) is 5.32. The molecule has 4 heterocycles. The van der Waals surface area contributed by atoms with E-state index in [-0.39, 0.29) is 17.9 Å². The molecule has 4 rings (SSSR count). The van der Waals surface area contributed by atoms with Gasteiger partial charge in [-0.1, -0.05) is 6.08 Å². The zero-order valence-corrected chi connectivity index (χ0v) is 16.7. The molecular formula is C20H28N4O2S. The first-order valence-electron chi connectivity index (χ1n) is 9.91. The summed E-state index contributed by atoms with van der Waals surface area (Å²) in [6, 6.07) is 0.397. The molecule has 7 heteroatoms. The molecule has 0 unspecified atom stereocenters. The smallest absolute Gasteiger partial charge is 0.270 e. The molecule has 0 radical (unpaired) electrons. The Morgan fingerprint density at radius 1 is 1.44 bits per heavy atom. The third kappa shape index (κ3) is 3.67. The lowest BCUT2D eigenvalue weighted by Crippen LogP contribution is -2.67. The molecule has 3 aliphatic rings. The first kappa shape index (κ1) is 18.6. The highest BCUT2D eigenvalue weighted by Gasteiger charge is 2.49. The first-order valence-corrected chi connectivity index (χ1v) is 10.8. The number of nitrogens with one attached hydrogen (secondary N) is 1. The quantitative estimate of drug-likeness (QED) is 0.785. The second-order valence-electron chi connectivity index (χ2n) is 8.05. The number of piperidine rings is 3. The van der Waals surface area contributed by atoms with Crippen molar-refractivity contribution in [1.82, 2.24) is 20.1 Å². The van der Waals surface area contributed by atoms with Gasteiger partial charge in [-0.2, -0.15) is 0 Å². The third-order valence-corrected chi connectivity index (χ3v) is 7.06. The van der Waals surface area contributed by atoms with Gasteiger partial charge in [0.2, 0.25) is 5.91 Å². The fourth-order valence-corrected chi connectivity index (χ4v) is 5.81. The summed E-state index contributed by atoms with van der Waals surface area (Å²) in [5.74, 6) is 1.07. The molecule has 146 valence electrons. The minimum Gasteiger partial charge on any atom is -0.349 e. The molecule has 1 aromatic heterocycles. The van der Waals surface area contributed by atoms with Crippen molar-refractivity contribution in [3.05, 3.63) is 28.7 Å². The van der Waals surface area contributed by atoms with Crippen molar-refractivity contribution in [3.63, 3.8) is 0 Å². The van der Waals surface area contributed by atoms with Gasteiger partial charge in [0.25, 0.3) is 5.91 Å². The molecule has 2 bridgehead atoms. The van der Waals surface area contributed by atoms with E-state index in [0.29, 0.717) is 36.5 Å². The van der Waals surface area contributed by atoms with Crippen molar-refractivity contribution in [2.24, 2.45) is 11.8 Å². The Hall–Kier alpha value is -1.73. The number of hydrogen-bond acceptors (Lipinski definition) is 5. The molecule has 27 heavy (non-hydrogen) atoms. The SMILES string of the molecule is C=CCN1C[C@H]2C[C@@H](C1)[C@H](CNC(=O)c1csc(C)n1)N1C(=O)CCC[C@@H]21. The van der Waals surface area contributed by atoms with E-state index in [1.54, 1.807) is 5.38 Å². The highest BCUT2D eigenvalue weighted by atomic mass is 32.1. The largest absolute Gasteiger partial charge is 0.349 e. The zero-order valence-electron chi connectivity index (χ0n) is 15.9.